The van der Waals surface area contributed by atoms with Gasteiger partial charge in [-0.15, -0.1) is 0 Å². The van der Waals surface area contributed by atoms with Gasteiger partial charge in [0, 0.05) is 30.3 Å². The highest BCUT2D eigenvalue weighted by Crippen LogP contribution is 2.23. The molecule has 0 radical (unpaired) electrons. The Kier molecular flexibility index (Phi) is 6.11. The molecule has 1 saturated heterocycles. The number of hydrogen-bond donors (Lipinski definition) is 1. The third-order valence-electron chi connectivity index (χ3n) is 4.95. The Morgan fingerprint density at radius 1 is 1.15 bits per heavy atom. The van der Waals surface area contributed by atoms with E-state index in [2.05, 4.69) is 12.2 Å². The van der Waals surface area contributed by atoms with Crippen LogP contribution in [-0.4, -0.2) is 29.8 Å². The van der Waals surface area contributed by atoms with Crippen LogP contribution in [-0.2, 0) is 11.2 Å². The number of nitrogens with zero attached hydrogens (tertiary/aromatic N) is 1. The van der Waals surface area contributed by atoms with Crippen LogP contribution in [0.5, 0.6) is 0 Å². The molecule has 6 heteroatoms. The van der Waals surface area contributed by atoms with Gasteiger partial charge in [0.25, 0.3) is 5.91 Å². The predicted molar refractivity (Wildman–Crippen MR) is 104 cm³/mol. The van der Waals surface area contributed by atoms with Crippen molar-refractivity contribution in [3.05, 3.63) is 64.4 Å². The highest BCUT2D eigenvalue weighted by molar-refractivity contribution is 6.31. The smallest absolute Gasteiger partial charge is 0.253 e. The molecule has 0 bridgehead atoms. The van der Waals surface area contributed by atoms with Crippen LogP contribution in [0.2, 0.25) is 5.02 Å². The van der Waals surface area contributed by atoms with Crippen molar-refractivity contribution in [3.63, 3.8) is 0 Å². The monoisotopic (exact) mass is 388 g/mol. The summed E-state index contributed by atoms with van der Waals surface area (Å²) >= 11 is 5.74. The summed E-state index contributed by atoms with van der Waals surface area (Å²) in [6.07, 6.45) is 2.13. The number of benzene rings is 2. The number of piperidine rings is 1. The van der Waals surface area contributed by atoms with E-state index in [0.717, 1.165) is 6.42 Å². The van der Waals surface area contributed by atoms with Crippen LogP contribution in [0.4, 0.5) is 10.1 Å². The fraction of sp³-hybridized carbons (Fsp3) is 0.333. The van der Waals surface area contributed by atoms with E-state index in [1.165, 1.54) is 23.8 Å². The number of amides is 2. The van der Waals surface area contributed by atoms with Gasteiger partial charge in [0.1, 0.15) is 5.82 Å². The van der Waals surface area contributed by atoms with Crippen molar-refractivity contribution >= 4 is 29.1 Å². The van der Waals surface area contributed by atoms with Crippen LogP contribution in [0.15, 0.2) is 42.5 Å². The van der Waals surface area contributed by atoms with Gasteiger partial charge in [-0.3, -0.25) is 9.59 Å². The van der Waals surface area contributed by atoms with Crippen LogP contribution in [0.1, 0.15) is 35.7 Å². The second-order valence-corrected chi connectivity index (χ2v) is 7.14. The third kappa shape index (κ3) is 4.66. The number of rotatable bonds is 4. The first-order valence-electron chi connectivity index (χ1n) is 9.12. The van der Waals surface area contributed by atoms with Crippen molar-refractivity contribution in [3.8, 4) is 0 Å². The summed E-state index contributed by atoms with van der Waals surface area (Å²) in [6, 6.07) is 11.8. The molecular formula is C21H22ClFN2O2. The van der Waals surface area contributed by atoms with Gasteiger partial charge in [0.2, 0.25) is 5.91 Å². The first-order valence-corrected chi connectivity index (χ1v) is 9.50. The molecule has 1 N–H and O–H groups in total. The number of carbonyl (C=O) groups excluding carboxylic acids is 2. The summed E-state index contributed by atoms with van der Waals surface area (Å²) in [6.45, 7) is 3.15. The average Bonchev–Trinajstić information content (AvgIpc) is 2.70. The van der Waals surface area contributed by atoms with Gasteiger partial charge in [-0.25, -0.2) is 4.39 Å². The molecule has 0 unspecified atom stereocenters. The van der Waals surface area contributed by atoms with Gasteiger partial charge in [-0.1, -0.05) is 30.7 Å². The molecule has 0 spiro atoms. The molecule has 1 fully saturated rings. The SMILES string of the molecule is CCc1ccc(C(=O)N2CCC(C(=O)Nc3ccc(F)c(Cl)c3)CC2)cc1. The van der Waals surface area contributed by atoms with E-state index in [1.807, 2.05) is 24.3 Å². The number of aryl methyl sites for hydroxylation is 1. The van der Waals surface area contributed by atoms with Crippen molar-refractivity contribution < 1.29 is 14.0 Å². The number of hydrogen-bond acceptors (Lipinski definition) is 2. The average molecular weight is 389 g/mol. The van der Waals surface area contributed by atoms with Crippen molar-refractivity contribution in [2.45, 2.75) is 26.2 Å². The molecule has 0 aliphatic carbocycles. The van der Waals surface area contributed by atoms with Gasteiger partial charge < -0.3 is 10.2 Å². The lowest BCUT2D eigenvalue weighted by molar-refractivity contribution is -0.121. The van der Waals surface area contributed by atoms with E-state index in [1.54, 1.807) is 4.90 Å². The van der Waals surface area contributed by atoms with Gasteiger partial charge in [-0.2, -0.15) is 0 Å². The molecular weight excluding hydrogens is 367 g/mol. The third-order valence-corrected chi connectivity index (χ3v) is 5.24. The lowest BCUT2D eigenvalue weighted by atomic mass is 9.95. The minimum Gasteiger partial charge on any atom is -0.339 e. The van der Waals surface area contributed by atoms with Crippen molar-refractivity contribution in [1.29, 1.82) is 0 Å². The Balaban J connectivity index is 1.55. The summed E-state index contributed by atoms with van der Waals surface area (Å²) in [7, 11) is 0. The first-order chi connectivity index (χ1) is 13.0. The molecule has 142 valence electrons. The Hall–Kier alpha value is -2.40. The molecule has 4 nitrogen and oxygen atoms in total. The molecule has 2 aromatic carbocycles. The Morgan fingerprint density at radius 3 is 2.41 bits per heavy atom. The van der Waals surface area contributed by atoms with Crippen LogP contribution in [0, 0.1) is 11.7 Å². The fourth-order valence-electron chi connectivity index (χ4n) is 3.23. The van der Waals surface area contributed by atoms with Crippen molar-refractivity contribution in [1.82, 2.24) is 4.90 Å². The van der Waals surface area contributed by atoms with E-state index in [4.69, 9.17) is 11.6 Å². The van der Waals surface area contributed by atoms with E-state index in [-0.39, 0.29) is 22.8 Å². The van der Waals surface area contributed by atoms with E-state index in [9.17, 15) is 14.0 Å². The lowest BCUT2D eigenvalue weighted by Gasteiger charge is -2.31. The maximum absolute atomic E-state index is 13.2. The molecule has 1 heterocycles. The summed E-state index contributed by atoms with van der Waals surface area (Å²) < 4.78 is 13.2. The minimum atomic E-state index is -0.520. The second kappa shape index (κ2) is 8.53. The topological polar surface area (TPSA) is 49.4 Å². The van der Waals surface area contributed by atoms with Crippen LogP contribution >= 0.6 is 11.6 Å². The number of carbonyl (C=O) groups is 2. The highest BCUT2D eigenvalue weighted by atomic mass is 35.5. The molecule has 0 atom stereocenters. The number of nitrogens with one attached hydrogen (secondary N) is 1. The Morgan fingerprint density at radius 2 is 1.81 bits per heavy atom. The van der Waals surface area contributed by atoms with Gasteiger partial charge in [0.15, 0.2) is 0 Å². The zero-order valence-electron chi connectivity index (χ0n) is 15.2. The summed E-state index contributed by atoms with van der Waals surface area (Å²) in [5.41, 5.74) is 2.35. The van der Waals surface area contributed by atoms with E-state index >= 15 is 0 Å². The van der Waals surface area contributed by atoms with Crippen LogP contribution < -0.4 is 5.32 Å². The van der Waals surface area contributed by atoms with Gasteiger partial charge >= 0.3 is 0 Å². The summed E-state index contributed by atoms with van der Waals surface area (Å²) in [5, 5.41) is 2.75. The van der Waals surface area contributed by atoms with E-state index < -0.39 is 5.82 Å². The van der Waals surface area contributed by atoms with Gasteiger partial charge in [0.05, 0.1) is 5.02 Å². The quantitative estimate of drug-likeness (QED) is 0.836. The van der Waals surface area contributed by atoms with Crippen molar-refractivity contribution in [2.75, 3.05) is 18.4 Å². The Labute approximate surface area is 163 Å². The molecule has 2 amide bonds. The van der Waals surface area contributed by atoms with E-state index in [0.29, 0.717) is 37.2 Å². The van der Waals surface area contributed by atoms with Crippen molar-refractivity contribution in [2.24, 2.45) is 5.92 Å². The lowest BCUT2D eigenvalue weighted by Crippen LogP contribution is -2.41. The van der Waals surface area contributed by atoms with Crippen LogP contribution in [0.3, 0.4) is 0 Å². The largest absolute Gasteiger partial charge is 0.339 e. The molecule has 3 rings (SSSR count). The minimum absolute atomic E-state index is 0.00169. The molecule has 2 aromatic rings. The predicted octanol–water partition coefficient (Wildman–Crippen LogP) is 4.53. The zero-order valence-corrected chi connectivity index (χ0v) is 15.9. The number of halogens is 2. The van der Waals surface area contributed by atoms with Gasteiger partial charge in [-0.05, 0) is 55.2 Å². The second-order valence-electron chi connectivity index (χ2n) is 6.74. The normalized spacial score (nSPS) is 14.9. The van der Waals surface area contributed by atoms with Crippen LogP contribution in [0.25, 0.3) is 0 Å². The summed E-state index contributed by atoms with van der Waals surface area (Å²) in [4.78, 5) is 26.8. The molecule has 27 heavy (non-hydrogen) atoms. The molecule has 0 saturated carbocycles. The number of anilines is 1. The highest BCUT2D eigenvalue weighted by Gasteiger charge is 2.28. The molecule has 0 aromatic heterocycles. The zero-order chi connectivity index (χ0) is 19.4. The maximum atomic E-state index is 13.2. The standard InChI is InChI=1S/C21H22ClFN2O2/c1-2-14-3-5-16(6-4-14)21(27)25-11-9-15(10-12-25)20(26)24-17-7-8-19(23)18(22)13-17/h3-8,13,15H,2,9-12H2,1H3,(H,24,26). The fourth-order valence-corrected chi connectivity index (χ4v) is 3.41. The first kappa shape index (κ1) is 19.4. The molecule has 1 aliphatic heterocycles. The Bertz CT molecular complexity index is 831. The molecule has 1 aliphatic rings. The number of likely N-dealkylation sites (tertiary alicyclic amines) is 1. The maximum Gasteiger partial charge on any atom is 0.253 e. The summed E-state index contributed by atoms with van der Waals surface area (Å²) in [5.74, 6) is -0.826.